The summed E-state index contributed by atoms with van der Waals surface area (Å²) < 4.78 is 40.4. The molecule has 3 heterocycles. The molecule has 1 N–H and O–H groups in total. The number of ether oxygens (including phenoxy) is 2. The maximum absolute atomic E-state index is 14.8. The molecule has 0 bridgehead atoms. The smallest absolute Gasteiger partial charge is 0.223 e. The fraction of sp³-hybridized carbons (Fsp3) is 0.0909. The van der Waals surface area contributed by atoms with Crippen LogP contribution in [0.1, 0.15) is 0 Å². The summed E-state index contributed by atoms with van der Waals surface area (Å²) in [7, 11) is 2.53. The van der Waals surface area contributed by atoms with Gasteiger partial charge >= 0.3 is 0 Å². The van der Waals surface area contributed by atoms with E-state index in [-0.39, 0.29) is 23.0 Å². The topological polar surface area (TPSA) is 99.9 Å². The lowest BCUT2D eigenvalue weighted by molar-refractivity contribution is -0.577. The number of aromatic nitrogens is 5. The molecule has 2 aromatic carbocycles. The maximum atomic E-state index is 14.8. The lowest BCUT2D eigenvalue weighted by Gasteiger charge is -2.11. The fourth-order valence-corrected chi connectivity index (χ4v) is 3.58. The van der Waals surface area contributed by atoms with Gasteiger partial charge in [-0.05, 0) is 18.2 Å². The minimum atomic E-state index is -0.943. The molecular weight excluding hydrogens is 420 g/mol. The number of nitrogens with one attached hydrogen (secondary N) is 1. The molecule has 0 spiro atoms. The number of methoxy groups -OCH3 is 2. The van der Waals surface area contributed by atoms with Gasteiger partial charge in [0.05, 0.1) is 30.9 Å². The van der Waals surface area contributed by atoms with Crippen LogP contribution >= 0.6 is 0 Å². The van der Waals surface area contributed by atoms with Gasteiger partial charge in [-0.1, -0.05) is 0 Å². The predicted molar refractivity (Wildman–Crippen MR) is 112 cm³/mol. The van der Waals surface area contributed by atoms with Crippen molar-refractivity contribution in [2.45, 2.75) is 0 Å². The highest BCUT2D eigenvalue weighted by atomic mass is 19.1. The van der Waals surface area contributed by atoms with Crippen LogP contribution in [0.4, 0.5) is 8.78 Å². The van der Waals surface area contributed by atoms with Crippen molar-refractivity contribution in [3.63, 3.8) is 0 Å². The number of halogens is 2. The molecule has 0 fully saturated rings. The first kappa shape index (κ1) is 19.6. The van der Waals surface area contributed by atoms with Crippen LogP contribution in [0.5, 0.6) is 11.5 Å². The molecule has 32 heavy (non-hydrogen) atoms. The van der Waals surface area contributed by atoms with E-state index in [2.05, 4.69) is 20.2 Å². The molecule has 0 saturated heterocycles. The normalized spacial score (nSPS) is 11.2. The molecule has 5 aromatic rings. The Morgan fingerprint density at radius 2 is 1.78 bits per heavy atom. The van der Waals surface area contributed by atoms with Gasteiger partial charge < -0.3 is 14.7 Å². The Labute approximate surface area is 179 Å². The molecule has 160 valence electrons. The van der Waals surface area contributed by atoms with E-state index in [1.165, 1.54) is 26.6 Å². The first-order valence-electron chi connectivity index (χ1n) is 9.45. The van der Waals surface area contributed by atoms with Crippen molar-refractivity contribution in [3.8, 4) is 34.1 Å². The minimum Gasteiger partial charge on any atom is -0.618 e. The van der Waals surface area contributed by atoms with Crippen molar-refractivity contribution in [1.29, 1.82) is 0 Å². The maximum Gasteiger partial charge on any atom is 0.223 e. The van der Waals surface area contributed by atoms with Crippen LogP contribution in [0.3, 0.4) is 0 Å². The van der Waals surface area contributed by atoms with Crippen molar-refractivity contribution in [3.05, 3.63) is 65.6 Å². The van der Waals surface area contributed by atoms with Crippen LogP contribution in [0, 0.1) is 16.8 Å². The number of nitrogens with zero attached hydrogens (tertiary/aromatic N) is 4. The summed E-state index contributed by atoms with van der Waals surface area (Å²) in [6.07, 6.45) is 2.86. The van der Waals surface area contributed by atoms with E-state index in [9.17, 15) is 14.0 Å². The highest BCUT2D eigenvalue weighted by Crippen LogP contribution is 2.37. The molecular formula is C22H15F2N5O3. The monoisotopic (exact) mass is 435 g/mol. The van der Waals surface area contributed by atoms with E-state index in [0.717, 1.165) is 21.7 Å². The van der Waals surface area contributed by atoms with E-state index in [1.807, 2.05) is 12.1 Å². The molecule has 0 aliphatic rings. The van der Waals surface area contributed by atoms with Gasteiger partial charge in [-0.25, -0.2) is 18.7 Å². The lowest BCUT2D eigenvalue weighted by atomic mass is 10.1. The highest BCUT2D eigenvalue weighted by molar-refractivity contribution is 5.93. The van der Waals surface area contributed by atoms with Crippen molar-refractivity contribution >= 4 is 21.9 Å². The van der Waals surface area contributed by atoms with E-state index in [4.69, 9.17) is 9.47 Å². The molecule has 8 nitrogen and oxygen atoms in total. The summed E-state index contributed by atoms with van der Waals surface area (Å²) in [5.74, 6) is -2.48. The summed E-state index contributed by atoms with van der Waals surface area (Å²) in [6.45, 7) is 0. The number of hydrogen-bond donors (Lipinski definition) is 1. The Balaban J connectivity index is 1.65. The third kappa shape index (κ3) is 2.96. The zero-order valence-corrected chi connectivity index (χ0v) is 16.9. The third-order valence-electron chi connectivity index (χ3n) is 5.16. The second kappa shape index (κ2) is 7.41. The van der Waals surface area contributed by atoms with Gasteiger partial charge in [-0.3, -0.25) is 5.10 Å². The molecule has 10 heteroatoms. The number of fused-ring (bicyclic) bond motifs is 2. The average Bonchev–Trinajstić information content (AvgIpc) is 3.23. The SMILES string of the molecule is COc1cc(OC)c(F)c(-c2ncc3c(-c4ccc5c(ccc[n+]5[O-])c4)[nH]nc3n2)c1F. The van der Waals surface area contributed by atoms with Gasteiger partial charge in [0.15, 0.2) is 40.8 Å². The second-order valence-electron chi connectivity index (χ2n) is 6.92. The van der Waals surface area contributed by atoms with Gasteiger partial charge in [0.25, 0.3) is 0 Å². The number of hydrogen-bond acceptors (Lipinski definition) is 6. The number of pyridine rings is 1. The van der Waals surface area contributed by atoms with Crippen LogP contribution in [-0.2, 0) is 0 Å². The number of aromatic amines is 1. The molecule has 0 amide bonds. The molecule has 3 aromatic heterocycles. The lowest BCUT2D eigenvalue weighted by Crippen LogP contribution is -2.25. The van der Waals surface area contributed by atoms with Crippen LogP contribution in [-0.4, -0.2) is 34.4 Å². The third-order valence-corrected chi connectivity index (χ3v) is 5.16. The molecule has 5 rings (SSSR count). The Bertz CT molecular complexity index is 1470. The minimum absolute atomic E-state index is 0.198. The zero-order valence-electron chi connectivity index (χ0n) is 16.9. The Morgan fingerprint density at radius 3 is 2.50 bits per heavy atom. The molecule has 0 atom stereocenters. The fourth-order valence-electron chi connectivity index (χ4n) is 3.58. The van der Waals surface area contributed by atoms with Crippen LogP contribution in [0.2, 0.25) is 0 Å². The Hall–Kier alpha value is -4.34. The summed E-state index contributed by atoms with van der Waals surface area (Å²) in [4.78, 5) is 8.41. The van der Waals surface area contributed by atoms with E-state index in [1.54, 1.807) is 18.2 Å². The van der Waals surface area contributed by atoms with Crippen LogP contribution in [0.15, 0.2) is 48.8 Å². The van der Waals surface area contributed by atoms with E-state index in [0.29, 0.717) is 16.6 Å². The first-order chi connectivity index (χ1) is 15.5. The molecule has 0 aliphatic carbocycles. The van der Waals surface area contributed by atoms with Crippen molar-refractivity contribution < 1.29 is 23.0 Å². The highest BCUT2D eigenvalue weighted by Gasteiger charge is 2.24. The van der Waals surface area contributed by atoms with Gasteiger partial charge in [0.1, 0.15) is 0 Å². The number of rotatable bonds is 4. The molecule has 0 aliphatic heterocycles. The van der Waals surface area contributed by atoms with Gasteiger partial charge in [0, 0.05) is 35.3 Å². The van der Waals surface area contributed by atoms with E-state index >= 15 is 0 Å². The second-order valence-corrected chi connectivity index (χ2v) is 6.92. The largest absolute Gasteiger partial charge is 0.618 e. The van der Waals surface area contributed by atoms with Crippen molar-refractivity contribution in [1.82, 2.24) is 20.2 Å². The van der Waals surface area contributed by atoms with Gasteiger partial charge in [0.2, 0.25) is 5.52 Å². The zero-order chi connectivity index (χ0) is 22.4. The standard InChI is InChI=1S/C22H15F2N5O3/c1-31-15-9-16(32-2)19(24)17(18(15)23)22-25-10-13-20(27-28-21(13)26-22)12-5-6-14-11(8-12)4-3-7-29(14)30/h3-10H,1-2H3,(H,25,26,27,28). The van der Waals surface area contributed by atoms with Gasteiger partial charge in [-0.15, -0.1) is 0 Å². The molecule has 0 radical (unpaired) electrons. The quantitative estimate of drug-likeness (QED) is 0.341. The molecule has 0 unspecified atom stereocenters. The van der Waals surface area contributed by atoms with E-state index < -0.39 is 17.2 Å². The number of benzene rings is 2. The first-order valence-corrected chi connectivity index (χ1v) is 9.45. The Morgan fingerprint density at radius 1 is 1.03 bits per heavy atom. The summed E-state index contributed by atoms with van der Waals surface area (Å²) >= 11 is 0. The van der Waals surface area contributed by atoms with Crippen LogP contribution < -0.4 is 14.2 Å². The average molecular weight is 435 g/mol. The number of H-pyrrole nitrogens is 1. The van der Waals surface area contributed by atoms with Gasteiger partial charge in [-0.2, -0.15) is 9.83 Å². The predicted octanol–water partition coefficient (Wildman–Crippen LogP) is 3.77. The summed E-state index contributed by atoms with van der Waals surface area (Å²) in [6, 6.07) is 9.89. The van der Waals surface area contributed by atoms with Crippen LogP contribution in [0.25, 0.3) is 44.6 Å². The summed E-state index contributed by atoms with van der Waals surface area (Å²) in [5.41, 5.74) is 1.63. The summed E-state index contributed by atoms with van der Waals surface area (Å²) in [5, 5.41) is 20.3. The van der Waals surface area contributed by atoms with Crippen molar-refractivity contribution in [2.24, 2.45) is 0 Å². The molecule has 0 saturated carbocycles. The van der Waals surface area contributed by atoms with Crippen molar-refractivity contribution in [2.75, 3.05) is 14.2 Å². The Kier molecular flexibility index (Phi) is 4.54.